The van der Waals surface area contributed by atoms with Crippen LogP contribution in [-0.4, -0.2) is 47.3 Å². The van der Waals surface area contributed by atoms with E-state index in [1.807, 2.05) is 77.9 Å². The molecule has 2 aromatic heterocycles. The first-order chi connectivity index (χ1) is 19.8. The van der Waals surface area contributed by atoms with Crippen molar-refractivity contribution in [3.05, 3.63) is 101 Å². The molecule has 2 heterocycles. The maximum Gasteiger partial charge on any atom is 0.256 e. The summed E-state index contributed by atoms with van der Waals surface area (Å²) < 4.78 is 0. The van der Waals surface area contributed by atoms with Crippen LogP contribution in [0.3, 0.4) is 0 Å². The zero-order valence-electron chi connectivity index (χ0n) is 24.9. The normalized spacial score (nSPS) is 10.4. The molecule has 41 heavy (non-hydrogen) atoms. The van der Waals surface area contributed by atoms with E-state index >= 15 is 0 Å². The Hall–Kier alpha value is -4.96. The number of likely N-dealkylation sites (N-methyl/N-ethyl adjacent to an activating group) is 1. The summed E-state index contributed by atoms with van der Waals surface area (Å²) in [6, 6.07) is 16.5. The lowest BCUT2D eigenvalue weighted by Crippen LogP contribution is -2.29. The largest absolute Gasteiger partial charge is 0.380 e. The lowest BCUT2D eigenvalue weighted by molar-refractivity contribution is 0.0954. The van der Waals surface area contributed by atoms with Crippen molar-refractivity contribution in [3.8, 4) is 24.1 Å². The summed E-state index contributed by atoms with van der Waals surface area (Å²) in [4.78, 5) is 37.1. The number of terminal acetylenes is 1. The fourth-order valence-electron chi connectivity index (χ4n) is 4.23. The molecule has 0 saturated heterocycles. The third-order valence-corrected chi connectivity index (χ3v) is 6.19. The van der Waals surface area contributed by atoms with E-state index in [-0.39, 0.29) is 11.8 Å². The van der Waals surface area contributed by atoms with E-state index in [2.05, 4.69) is 34.5 Å². The number of nitrogens with one attached hydrogen (secondary N) is 2. The summed E-state index contributed by atoms with van der Waals surface area (Å²) >= 11 is 0. The van der Waals surface area contributed by atoms with Crippen molar-refractivity contribution in [2.75, 3.05) is 26.0 Å². The van der Waals surface area contributed by atoms with Gasteiger partial charge in [-0.05, 0) is 74.9 Å². The molecule has 7 heteroatoms. The topological polar surface area (TPSA) is 87.2 Å². The van der Waals surface area contributed by atoms with Crippen molar-refractivity contribution in [1.82, 2.24) is 20.2 Å². The number of benzene rings is 2. The van der Waals surface area contributed by atoms with Gasteiger partial charge in [0.2, 0.25) is 0 Å². The number of hydrogen-bond donors (Lipinski definition) is 2. The Balaban J connectivity index is 0.00000141. The summed E-state index contributed by atoms with van der Waals surface area (Å²) in [5.74, 6) is -0.422. The predicted octanol–water partition coefficient (Wildman–Crippen LogP) is 6.64. The second-order valence-corrected chi connectivity index (χ2v) is 9.16. The number of nitrogens with zero attached hydrogens (tertiary/aromatic N) is 3. The highest BCUT2D eigenvalue weighted by molar-refractivity contribution is 6.13. The molecular formula is C34H39N5O2. The second-order valence-electron chi connectivity index (χ2n) is 9.16. The molecule has 4 rings (SSSR count). The minimum Gasteiger partial charge on any atom is -0.380 e. The first-order valence-corrected chi connectivity index (χ1v) is 13.4. The number of rotatable bonds is 7. The van der Waals surface area contributed by atoms with Crippen molar-refractivity contribution >= 4 is 28.4 Å². The first-order valence-electron chi connectivity index (χ1n) is 13.4. The first kappa shape index (κ1) is 32.3. The van der Waals surface area contributed by atoms with Crippen LogP contribution in [0.5, 0.6) is 0 Å². The Morgan fingerprint density at radius 1 is 0.976 bits per heavy atom. The van der Waals surface area contributed by atoms with E-state index in [1.165, 1.54) is 0 Å². The Kier molecular flexibility index (Phi) is 12.3. The lowest BCUT2D eigenvalue weighted by Gasteiger charge is -2.17. The number of carbonyl (C=O) groups excluding carboxylic acids is 2. The van der Waals surface area contributed by atoms with Crippen LogP contribution in [-0.2, 0) is 0 Å². The van der Waals surface area contributed by atoms with E-state index < -0.39 is 0 Å². The van der Waals surface area contributed by atoms with Gasteiger partial charge in [-0.25, -0.2) is 4.98 Å². The molecule has 0 spiro atoms. The van der Waals surface area contributed by atoms with Gasteiger partial charge in [0.1, 0.15) is 0 Å². The molecule has 212 valence electrons. The smallest absolute Gasteiger partial charge is 0.256 e. The van der Waals surface area contributed by atoms with Gasteiger partial charge < -0.3 is 15.5 Å². The standard InChI is InChI=1S/C30H31N5O2.C2H6.C2H2/c1-6-24(35(4)5)18-32-29(36)21-9-11-23(12-10-21)33-30(37)26-16-27(22-8-7-13-31-17-22)34-28-20(3)14-19(2)15-25(26)28;2*1-2/h6-17H,18H2,1-5H3,(H,32,36)(H,33,37);1-2H3;1-2H/b24-6-;;. The van der Waals surface area contributed by atoms with Gasteiger partial charge in [-0.15, -0.1) is 12.8 Å². The Labute approximate surface area is 243 Å². The average Bonchev–Trinajstić information content (AvgIpc) is 2.99. The van der Waals surface area contributed by atoms with Crippen molar-refractivity contribution in [1.29, 1.82) is 0 Å². The van der Waals surface area contributed by atoms with Crippen LogP contribution in [0.1, 0.15) is 52.6 Å². The van der Waals surface area contributed by atoms with Crippen LogP contribution in [0.25, 0.3) is 22.2 Å². The molecule has 0 aliphatic heterocycles. The number of aromatic nitrogens is 2. The Bertz CT molecular complexity index is 1520. The summed E-state index contributed by atoms with van der Waals surface area (Å²) in [6.45, 7) is 10.4. The number of aryl methyl sites for hydroxylation is 2. The summed E-state index contributed by atoms with van der Waals surface area (Å²) in [6.07, 6.45) is 13.4. The molecule has 0 bridgehead atoms. The Morgan fingerprint density at radius 3 is 2.24 bits per heavy atom. The van der Waals surface area contributed by atoms with Crippen LogP contribution in [0.2, 0.25) is 0 Å². The molecular weight excluding hydrogens is 510 g/mol. The molecule has 0 unspecified atom stereocenters. The molecule has 0 fully saturated rings. The zero-order chi connectivity index (χ0) is 30.5. The SMILES string of the molecule is C#C.C/C=C(/CNC(=O)c1ccc(NC(=O)c2cc(-c3cccnc3)nc3c(C)cc(C)cc23)cc1)N(C)C.CC. The van der Waals surface area contributed by atoms with Crippen LogP contribution < -0.4 is 10.6 Å². The predicted molar refractivity (Wildman–Crippen MR) is 170 cm³/mol. The van der Waals surface area contributed by atoms with Gasteiger partial charge in [0, 0.05) is 54.4 Å². The highest BCUT2D eigenvalue weighted by Crippen LogP contribution is 2.28. The van der Waals surface area contributed by atoms with Crippen molar-refractivity contribution < 1.29 is 9.59 Å². The lowest BCUT2D eigenvalue weighted by atomic mass is 9.99. The minimum absolute atomic E-state index is 0.175. The molecule has 0 aliphatic carbocycles. The summed E-state index contributed by atoms with van der Waals surface area (Å²) in [7, 11) is 3.88. The van der Waals surface area contributed by atoms with Gasteiger partial charge in [-0.1, -0.05) is 31.6 Å². The number of amides is 2. The van der Waals surface area contributed by atoms with E-state index in [0.717, 1.165) is 33.3 Å². The van der Waals surface area contributed by atoms with Gasteiger partial charge in [0.25, 0.3) is 11.8 Å². The van der Waals surface area contributed by atoms with Crippen LogP contribution in [0, 0.1) is 26.7 Å². The summed E-state index contributed by atoms with van der Waals surface area (Å²) in [5.41, 5.74) is 7.02. The third kappa shape index (κ3) is 8.26. The van der Waals surface area contributed by atoms with Gasteiger partial charge in [-0.2, -0.15) is 0 Å². The van der Waals surface area contributed by atoms with Gasteiger partial charge in [0.15, 0.2) is 0 Å². The van der Waals surface area contributed by atoms with Crippen LogP contribution in [0.4, 0.5) is 5.69 Å². The highest BCUT2D eigenvalue weighted by Gasteiger charge is 2.17. The number of allylic oxidation sites excluding steroid dienone is 1. The average molecular weight is 550 g/mol. The quantitative estimate of drug-likeness (QED) is 0.253. The molecule has 2 N–H and O–H groups in total. The molecule has 7 nitrogen and oxygen atoms in total. The number of fused-ring (bicyclic) bond motifs is 1. The molecule has 0 atom stereocenters. The van der Waals surface area contributed by atoms with E-state index in [1.54, 1.807) is 42.7 Å². The maximum absolute atomic E-state index is 13.5. The van der Waals surface area contributed by atoms with E-state index in [4.69, 9.17) is 4.98 Å². The molecule has 2 aromatic carbocycles. The monoisotopic (exact) mass is 549 g/mol. The maximum atomic E-state index is 13.5. The van der Waals surface area contributed by atoms with Gasteiger partial charge in [0.05, 0.1) is 23.3 Å². The van der Waals surface area contributed by atoms with Gasteiger partial charge in [-0.3, -0.25) is 14.6 Å². The molecule has 0 radical (unpaired) electrons. The number of carbonyl (C=O) groups is 2. The fraction of sp³-hybridized carbons (Fsp3) is 0.235. The summed E-state index contributed by atoms with van der Waals surface area (Å²) in [5, 5.41) is 6.69. The molecule has 0 saturated carbocycles. The number of pyridine rings is 2. The zero-order valence-corrected chi connectivity index (χ0v) is 24.9. The molecule has 4 aromatic rings. The van der Waals surface area contributed by atoms with Crippen LogP contribution in [0.15, 0.2) is 78.8 Å². The number of anilines is 1. The molecule has 0 aliphatic rings. The van der Waals surface area contributed by atoms with Crippen molar-refractivity contribution in [2.24, 2.45) is 0 Å². The Morgan fingerprint density at radius 2 is 1.66 bits per heavy atom. The van der Waals surface area contributed by atoms with E-state index in [0.29, 0.717) is 29.1 Å². The van der Waals surface area contributed by atoms with Crippen LogP contribution >= 0.6 is 0 Å². The van der Waals surface area contributed by atoms with Crippen molar-refractivity contribution in [2.45, 2.75) is 34.6 Å². The fourth-order valence-corrected chi connectivity index (χ4v) is 4.23. The van der Waals surface area contributed by atoms with E-state index in [9.17, 15) is 9.59 Å². The molecule has 2 amide bonds. The minimum atomic E-state index is -0.247. The second kappa shape index (κ2) is 15.6. The third-order valence-electron chi connectivity index (χ3n) is 6.19. The highest BCUT2D eigenvalue weighted by atomic mass is 16.2. The van der Waals surface area contributed by atoms with Gasteiger partial charge >= 0.3 is 0 Å². The van der Waals surface area contributed by atoms with Crippen molar-refractivity contribution in [3.63, 3.8) is 0 Å². The number of hydrogen-bond acceptors (Lipinski definition) is 5.